The van der Waals surface area contributed by atoms with Crippen LogP contribution in [0.3, 0.4) is 0 Å². The van der Waals surface area contributed by atoms with Crippen LogP contribution in [0.1, 0.15) is 5.56 Å². The van der Waals surface area contributed by atoms with E-state index in [9.17, 15) is 0 Å². The Morgan fingerprint density at radius 2 is 2.27 bits per heavy atom. The molecule has 0 aliphatic rings. The molecular weight excluding hydrogens is 212 g/mol. The van der Waals surface area contributed by atoms with Crippen molar-refractivity contribution in [3.8, 4) is 11.9 Å². The van der Waals surface area contributed by atoms with E-state index in [1.54, 1.807) is 12.1 Å². The Labute approximate surface area is 91.9 Å². The molecule has 1 aromatic carbocycles. The van der Waals surface area contributed by atoms with Crippen LogP contribution in [-0.2, 0) is 0 Å². The van der Waals surface area contributed by atoms with Crippen LogP contribution in [0.15, 0.2) is 24.4 Å². The minimum atomic E-state index is 0.455. The van der Waals surface area contributed by atoms with Crippen molar-refractivity contribution in [3.05, 3.63) is 35.0 Å². The zero-order valence-corrected chi connectivity index (χ0v) is 8.75. The second kappa shape index (κ2) is 3.76. The van der Waals surface area contributed by atoms with Crippen LogP contribution in [0.4, 0.5) is 0 Å². The van der Waals surface area contributed by atoms with Gasteiger partial charge in [0.05, 0.1) is 12.7 Å². The van der Waals surface area contributed by atoms with Crippen LogP contribution in [0, 0.1) is 11.3 Å². The van der Waals surface area contributed by atoms with E-state index in [1.165, 1.54) is 13.3 Å². The molecule has 2 rings (SSSR count). The molecule has 15 heavy (non-hydrogen) atoms. The maximum Gasteiger partial charge on any atom is 0.221 e. The summed E-state index contributed by atoms with van der Waals surface area (Å²) in [5.41, 5.74) is 0.455. The highest BCUT2D eigenvalue weighted by atomic mass is 35.5. The summed E-state index contributed by atoms with van der Waals surface area (Å²) >= 11 is 6.04. The number of nitriles is 1. The second-order valence-corrected chi connectivity index (χ2v) is 3.36. The fraction of sp³-hybridized carbons (Fsp3) is 0.0909. The maximum absolute atomic E-state index is 8.93. The van der Waals surface area contributed by atoms with E-state index in [-0.39, 0.29) is 0 Å². The van der Waals surface area contributed by atoms with E-state index in [0.717, 1.165) is 5.39 Å². The maximum atomic E-state index is 8.93. The molecule has 0 saturated carbocycles. The van der Waals surface area contributed by atoms with Crippen LogP contribution >= 0.6 is 11.6 Å². The molecule has 0 aliphatic heterocycles. The Bertz CT molecular complexity index is 560. The summed E-state index contributed by atoms with van der Waals surface area (Å²) in [6.07, 6.45) is 1.47. The van der Waals surface area contributed by atoms with Crippen molar-refractivity contribution in [2.45, 2.75) is 0 Å². The number of aromatic nitrogens is 1. The summed E-state index contributed by atoms with van der Waals surface area (Å²) in [6.45, 7) is 0. The number of benzene rings is 1. The van der Waals surface area contributed by atoms with Crippen molar-refractivity contribution in [1.82, 2.24) is 4.98 Å². The molecule has 0 spiro atoms. The monoisotopic (exact) mass is 218 g/mol. The molecular formula is C11H7ClN2O. The van der Waals surface area contributed by atoms with E-state index < -0.39 is 0 Å². The van der Waals surface area contributed by atoms with E-state index in [4.69, 9.17) is 21.6 Å². The number of fused-ring (bicyclic) bond motifs is 1. The van der Waals surface area contributed by atoms with E-state index >= 15 is 0 Å². The Morgan fingerprint density at radius 3 is 2.93 bits per heavy atom. The summed E-state index contributed by atoms with van der Waals surface area (Å²) in [6, 6.07) is 7.43. The first kappa shape index (κ1) is 9.75. The molecule has 0 radical (unpaired) electrons. The van der Waals surface area contributed by atoms with Gasteiger partial charge in [-0.1, -0.05) is 17.7 Å². The highest BCUT2D eigenvalue weighted by molar-refractivity contribution is 6.36. The van der Waals surface area contributed by atoms with Crippen LogP contribution in [0.25, 0.3) is 10.8 Å². The lowest BCUT2D eigenvalue weighted by Gasteiger charge is -2.06. The minimum absolute atomic E-state index is 0.455. The van der Waals surface area contributed by atoms with Gasteiger partial charge in [0.25, 0.3) is 0 Å². The Hall–Kier alpha value is -1.79. The Balaban J connectivity index is 2.94. The van der Waals surface area contributed by atoms with E-state index in [2.05, 4.69) is 11.1 Å². The van der Waals surface area contributed by atoms with Crippen LogP contribution in [0.2, 0.25) is 5.02 Å². The molecule has 74 valence electrons. The van der Waals surface area contributed by atoms with Gasteiger partial charge in [0.15, 0.2) is 0 Å². The van der Waals surface area contributed by atoms with Gasteiger partial charge in [0.2, 0.25) is 5.88 Å². The second-order valence-electron chi connectivity index (χ2n) is 2.96. The van der Waals surface area contributed by atoms with Gasteiger partial charge in [-0.05, 0) is 12.1 Å². The molecule has 0 fully saturated rings. The molecule has 0 atom stereocenters. The molecule has 1 aromatic heterocycles. The number of ether oxygens (including phenoxy) is 1. The Morgan fingerprint density at radius 1 is 1.47 bits per heavy atom. The van der Waals surface area contributed by atoms with Gasteiger partial charge in [-0.2, -0.15) is 5.26 Å². The molecule has 4 heteroatoms. The zero-order valence-electron chi connectivity index (χ0n) is 7.99. The molecule has 0 amide bonds. The standard InChI is InChI=1S/C11H7ClN2O/c1-15-11-8-3-2-4-9(12)10(8)7(5-13)6-14-11/h2-4,6H,1H3. The smallest absolute Gasteiger partial charge is 0.221 e. The van der Waals surface area contributed by atoms with Crippen molar-refractivity contribution in [3.63, 3.8) is 0 Å². The molecule has 0 bridgehead atoms. The predicted molar refractivity (Wildman–Crippen MR) is 58.0 cm³/mol. The first-order valence-electron chi connectivity index (χ1n) is 4.29. The van der Waals surface area contributed by atoms with Gasteiger partial charge < -0.3 is 4.74 Å². The third-order valence-corrected chi connectivity index (χ3v) is 2.45. The molecule has 0 N–H and O–H groups in total. The van der Waals surface area contributed by atoms with Gasteiger partial charge in [-0.15, -0.1) is 0 Å². The number of rotatable bonds is 1. The lowest BCUT2D eigenvalue weighted by Crippen LogP contribution is -1.91. The van der Waals surface area contributed by atoms with Crippen molar-refractivity contribution < 1.29 is 4.74 Å². The van der Waals surface area contributed by atoms with Gasteiger partial charge in [-0.3, -0.25) is 0 Å². The molecule has 1 heterocycles. The van der Waals surface area contributed by atoms with Crippen LogP contribution in [-0.4, -0.2) is 12.1 Å². The number of nitrogens with zero attached hydrogens (tertiary/aromatic N) is 2. The summed E-state index contributed by atoms with van der Waals surface area (Å²) in [5, 5.41) is 10.9. The highest BCUT2D eigenvalue weighted by Gasteiger charge is 2.09. The quantitative estimate of drug-likeness (QED) is 0.740. The molecule has 2 aromatic rings. The first-order valence-corrected chi connectivity index (χ1v) is 4.67. The van der Waals surface area contributed by atoms with Crippen molar-refractivity contribution in [2.75, 3.05) is 7.11 Å². The van der Waals surface area contributed by atoms with Gasteiger partial charge in [-0.25, -0.2) is 4.98 Å². The van der Waals surface area contributed by atoms with Gasteiger partial charge >= 0.3 is 0 Å². The fourth-order valence-electron chi connectivity index (χ4n) is 1.48. The van der Waals surface area contributed by atoms with Crippen molar-refractivity contribution >= 4 is 22.4 Å². The third-order valence-electron chi connectivity index (χ3n) is 2.14. The SMILES string of the molecule is COc1ncc(C#N)c2c(Cl)cccc12. The number of pyridine rings is 1. The third kappa shape index (κ3) is 1.49. The topological polar surface area (TPSA) is 45.9 Å². The zero-order chi connectivity index (χ0) is 10.8. The first-order chi connectivity index (χ1) is 7.27. The van der Waals surface area contributed by atoms with E-state index in [0.29, 0.717) is 21.9 Å². The molecule has 0 aliphatic carbocycles. The molecule has 0 unspecified atom stereocenters. The fourth-order valence-corrected chi connectivity index (χ4v) is 1.76. The summed E-state index contributed by atoms with van der Waals surface area (Å²) in [7, 11) is 1.54. The average molecular weight is 219 g/mol. The number of halogens is 1. The average Bonchev–Trinajstić information content (AvgIpc) is 2.28. The minimum Gasteiger partial charge on any atom is -0.481 e. The Kier molecular flexibility index (Phi) is 2.44. The number of methoxy groups -OCH3 is 1. The summed E-state index contributed by atoms with van der Waals surface area (Å²) in [5.74, 6) is 0.478. The summed E-state index contributed by atoms with van der Waals surface area (Å²) < 4.78 is 5.10. The lowest BCUT2D eigenvalue weighted by atomic mass is 10.1. The molecule has 3 nitrogen and oxygen atoms in total. The molecule has 0 saturated heterocycles. The van der Waals surface area contributed by atoms with Crippen molar-refractivity contribution in [2.24, 2.45) is 0 Å². The highest BCUT2D eigenvalue weighted by Crippen LogP contribution is 2.31. The normalized spacial score (nSPS) is 9.93. The predicted octanol–water partition coefficient (Wildman–Crippen LogP) is 2.77. The van der Waals surface area contributed by atoms with Gasteiger partial charge in [0, 0.05) is 22.0 Å². The van der Waals surface area contributed by atoms with Gasteiger partial charge in [0.1, 0.15) is 6.07 Å². The largest absolute Gasteiger partial charge is 0.481 e. The van der Waals surface area contributed by atoms with Crippen molar-refractivity contribution in [1.29, 1.82) is 5.26 Å². The lowest BCUT2D eigenvalue weighted by molar-refractivity contribution is 0.403. The number of hydrogen-bond acceptors (Lipinski definition) is 3. The number of hydrogen-bond donors (Lipinski definition) is 0. The van der Waals surface area contributed by atoms with Crippen LogP contribution < -0.4 is 4.74 Å². The summed E-state index contributed by atoms with van der Waals surface area (Å²) in [4.78, 5) is 4.03. The van der Waals surface area contributed by atoms with E-state index in [1.807, 2.05) is 6.07 Å². The van der Waals surface area contributed by atoms with Crippen LogP contribution in [0.5, 0.6) is 5.88 Å².